The molecule has 0 radical (unpaired) electrons. The number of hydrogen-bond donors (Lipinski definition) is 6. The summed E-state index contributed by atoms with van der Waals surface area (Å²) in [5.74, 6) is -6.22. The number of aliphatic carboxylic acids is 3. The Kier molecular flexibility index (Phi) is 9.90. The number of benzene rings is 2. The molecule has 0 fully saturated rings. The summed E-state index contributed by atoms with van der Waals surface area (Å²) in [5.41, 5.74) is -0.623. The number of nitrogens with zero attached hydrogens (tertiary/aromatic N) is 2. The van der Waals surface area contributed by atoms with Crippen LogP contribution in [0.2, 0.25) is 0 Å². The third-order valence-corrected chi connectivity index (χ3v) is 6.31. The van der Waals surface area contributed by atoms with Crippen LogP contribution in [0.4, 0.5) is 0 Å². The molecule has 0 bridgehead atoms. The lowest BCUT2D eigenvalue weighted by atomic mass is 10.0. The summed E-state index contributed by atoms with van der Waals surface area (Å²) >= 11 is 0. The number of carbonyl (C=O) groups excluding carboxylic acids is 1. The number of aromatic hydroxyl groups is 2. The van der Waals surface area contributed by atoms with Crippen molar-refractivity contribution in [2.75, 3.05) is 26.2 Å². The van der Waals surface area contributed by atoms with Gasteiger partial charge in [-0.15, -0.1) is 0 Å². The Labute approximate surface area is 216 Å². The summed E-state index contributed by atoms with van der Waals surface area (Å²) in [6.07, 6.45) is 0. The lowest BCUT2D eigenvalue weighted by molar-refractivity contribution is -0.149. The minimum Gasteiger partial charge on any atom is -0.508 e. The number of phenols is 2. The Morgan fingerprint density at radius 1 is 0.789 bits per heavy atom. The molecule has 2 aromatic carbocycles. The van der Waals surface area contributed by atoms with E-state index in [1.165, 1.54) is 31.2 Å². The van der Waals surface area contributed by atoms with Gasteiger partial charge in [0, 0.05) is 24.2 Å². The second-order valence-corrected chi connectivity index (χ2v) is 9.69. The van der Waals surface area contributed by atoms with Crippen LogP contribution in [0.15, 0.2) is 47.4 Å². The summed E-state index contributed by atoms with van der Waals surface area (Å²) in [6.45, 7) is -1.14. The van der Waals surface area contributed by atoms with Crippen LogP contribution in [0.5, 0.6) is 11.5 Å². The van der Waals surface area contributed by atoms with Gasteiger partial charge in [-0.3, -0.25) is 33.5 Å². The first-order valence-electron chi connectivity index (χ1n) is 10.9. The molecule has 2 aromatic rings. The molecule has 1 unspecified atom stereocenters. The average molecular weight is 555 g/mol. The molecular weight excluding hydrogens is 528 g/mol. The quantitative estimate of drug-likeness (QED) is 0.175. The molecule has 0 aliphatic rings. The largest absolute Gasteiger partial charge is 0.508 e. The van der Waals surface area contributed by atoms with Crippen LogP contribution in [-0.2, 0) is 29.3 Å². The van der Waals surface area contributed by atoms with Gasteiger partial charge < -0.3 is 25.5 Å². The minimum atomic E-state index is -4.82. The van der Waals surface area contributed by atoms with Crippen LogP contribution in [0, 0.1) is 0 Å². The van der Waals surface area contributed by atoms with E-state index in [4.69, 9.17) is 0 Å². The van der Waals surface area contributed by atoms with Gasteiger partial charge in [-0.05, 0) is 31.2 Å². The molecule has 0 aromatic heterocycles. The Morgan fingerprint density at radius 3 is 1.76 bits per heavy atom. The molecule has 15 heteroatoms. The Bertz CT molecular complexity index is 1330. The van der Waals surface area contributed by atoms with E-state index in [9.17, 15) is 57.7 Å². The molecule has 206 valence electrons. The number of phenolic OH excluding ortho intramolecular Hbond substituents is 2. The van der Waals surface area contributed by atoms with Gasteiger partial charge in [0.25, 0.3) is 10.1 Å². The number of rotatable bonds is 14. The first-order valence-corrected chi connectivity index (χ1v) is 12.3. The molecule has 0 spiro atoms. The molecule has 38 heavy (non-hydrogen) atoms. The van der Waals surface area contributed by atoms with Crippen molar-refractivity contribution in [3.63, 3.8) is 0 Å². The van der Waals surface area contributed by atoms with E-state index in [-0.39, 0.29) is 11.3 Å². The van der Waals surface area contributed by atoms with Crippen LogP contribution in [0.1, 0.15) is 30.1 Å². The van der Waals surface area contributed by atoms with Crippen molar-refractivity contribution in [2.24, 2.45) is 0 Å². The van der Waals surface area contributed by atoms with Gasteiger partial charge in [-0.1, -0.05) is 18.2 Å². The minimum absolute atomic E-state index is 0.0701. The fourth-order valence-electron chi connectivity index (χ4n) is 3.92. The highest BCUT2D eigenvalue weighted by molar-refractivity contribution is 7.85. The summed E-state index contributed by atoms with van der Waals surface area (Å²) in [6, 6.07) is 4.22. The lowest BCUT2D eigenvalue weighted by Crippen LogP contribution is -2.45. The number of Topliss-reactive ketones (excluding diaryl/α,β-unsaturated/α-hetero) is 1. The molecule has 0 aliphatic carbocycles. The fourth-order valence-corrected chi connectivity index (χ4v) is 4.43. The normalized spacial score (nSPS) is 13.3. The molecule has 0 heterocycles. The zero-order valence-electron chi connectivity index (χ0n) is 20.0. The number of ketones is 1. The Balaban J connectivity index is 2.55. The van der Waals surface area contributed by atoms with Crippen LogP contribution >= 0.6 is 0 Å². The second kappa shape index (κ2) is 12.5. The Hall–Kier alpha value is -4.05. The summed E-state index contributed by atoms with van der Waals surface area (Å²) < 4.78 is 32.5. The average Bonchev–Trinajstić information content (AvgIpc) is 2.78. The maximum Gasteiger partial charge on any atom is 0.325 e. The van der Waals surface area contributed by atoms with E-state index in [1.54, 1.807) is 0 Å². The predicted molar refractivity (Wildman–Crippen MR) is 128 cm³/mol. The van der Waals surface area contributed by atoms with Gasteiger partial charge >= 0.3 is 17.9 Å². The second-order valence-electron chi connectivity index (χ2n) is 8.27. The van der Waals surface area contributed by atoms with E-state index < -0.39 is 88.3 Å². The first-order chi connectivity index (χ1) is 17.6. The van der Waals surface area contributed by atoms with E-state index in [0.29, 0.717) is 6.07 Å². The number of carboxylic acid groups (broad SMARTS) is 3. The standard InChI is InChI=1S/C23H26N2O12S/c1-13(26)11-24(20(22(31)32)15-4-2-3-5-17(15)27)8-9-25(12-19(29)30)21(23(33)34)16-10-14(38(35,36)37)6-7-18(16)28/h2-7,10,20-21,27-28H,8-9,11-12H2,1H3,(H,29,30)(H,31,32)(H,33,34)(H,35,36,37)/t20-,21?/m0/s1. The zero-order chi connectivity index (χ0) is 28.8. The third kappa shape index (κ3) is 7.72. The van der Waals surface area contributed by atoms with Gasteiger partial charge in [0.05, 0.1) is 18.0 Å². The highest BCUT2D eigenvalue weighted by Crippen LogP contribution is 2.33. The van der Waals surface area contributed by atoms with Crippen molar-refractivity contribution in [1.82, 2.24) is 9.80 Å². The molecule has 0 aliphatic heterocycles. The molecule has 2 rings (SSSR count). The van der Waals surface area contributed by atoms with Gasteiger partial charge in [0.15, 0.2) is 0 Å². The van der Waals surface area contributed by atoms with E-state index >= 15 is 0 Å². The number of carbonyl (C=O) groups is 4. The van der Waals surface area contributed by atoms with Crippen molar-refractivity contribution in [3.8, 4) is 11.5 Å². The maximum atomic E-state index is 12.2. The summed E-state index contributed by atoms with van der Waals surface area (Å²) in [7, 11) is -4.82. The van der Waals surface area contributed by atoms with Crippen molar-refractivity contribution in [1.29, 1.82) is 0 Å². The van der Waals surface area contributed by atoms with E-state index in [0.717, 1.165) is 21.9 Å². The van der Waals surface area contributed by atoms with Crippen molar-refractivity contribution < 1.29 is 57.7 Å². The Morgan fingerprint density at radius 2 is 1.29 bits per heavy atom. The predicted octanol–water partition coefficient (Wildman–Crippen LogP) is 0.574. The van der Waals surface area contributed by atoms with Crippen LogP contribution < -0.4 is 0 Å². The maximum absolute atomic E-state index is 12.2. The van der Waals surface area contributed by atoms with Crippen molar-refractivity contribution in [2.45, 2.75) is 23.9 Å². The third-order valence-electron chi connectivity index (χ3n) is 5.46. The highest BCUT2D eigenvalue weighted by atomic mass is 32.2. The highest BCUT2D eigenvalue weighted by Gasteiger charge is 2.35. The first kappa shape index (κ1) is 30.2. The van der Waals surface area contributed by atoms with Crippen molar-refractivity contribution in [3.05, 3.63) is 53.6 Å². The van der Waals surface area contributed by atoms with Gasteiger partial charge in [-0.25, -0.2) is 0 Å². The fraction of sp³-hybridized carbons (Fsp3) is 0.304. The monoisotopic (exact) mass is 554 g/mol. The molecule has 0 saturated carbocycles. The van der Waals surface area contributed by atoms with Crippen LogP contribution in [0.3, 0.4) is 0 Å². The topological polar surface area (TPSA) is 230 Å². The molecule has 14 nitrogen and oxygen atoms in total. The number of para-hydroxylation sites is 1. The molecule has 2 atom stereocenters. The SMILES string of the molecule is CC(=O)CN(CCN(CC(=O)O)C(C(=O)O)c1cc(S(=O)(=O)O)ccc1O)[C@H](C(=O)O)c1ccccc1O. The van der Waals surface area contributed by atoms with Crippen molar-refractivity contribution >= 4 is 33.8 Å². The molecular formula is C23H26N2O12S. The van der Waals surface area contributed by atoms with Gasteiger partial charge in [0.1, 0.15) is 29.4 Å². The number of carboxylic acids is 3. The molecule has 6 N–H and O–H groups in total. The summed E-state index contributed by atoms with van der Waals surface area (Å²) in [5, 5.41) is 49.7. The van der Waals surface area contributed by atoms with Crippen LogP contribution in [-0.4, -0.2) is 98.2 Å². The van der Waals surface area contributed by atoms with Crippen LogP contribution in [0.25, 0.3) is 0 Å². The molecule has 0 amide bonds. The summed E-state index contributed by atoms with van der Waals surface area (Å²) in [4.78, 5) is 49.1. The van der Waals surface area contributed by atoms with Gasteiger partial charge in [0.2, 0.25) is 0 Å². The zero-order valence-corrected chi connectivity index (χ0v) is 20.8. The van der Waals surface area contributed by atoms with Gasteiger partial charge in [-0.2, -0.15) is 8.42 Å². The molecule has 0 saturated heterocycles. The smallest absolute Gasteiger partial charge is 0.325 e. The lowest BCUT2D eigenvalue weighted by Gasteiger charge is -2.33. The van der Waals surface area contributed by atoms with E-state index in [1.807, 2.05) is 0 Å². The number of hydrogen-bond acceptors (Lipinski definition) is 10. The van der Waals surface area contributed by atoms with E-state index in [2.05, 4.69) is 0 Å².